The monoisotopic (exact) mass is 1750 g/mol. The Labute approximate surface area is 781 Å². The van der Waals surface area contributed by atoms with E-state index >= 15 is 0 Å². The van der Waals surface area contributed by atoms with Crippen molar-refractivity contribution in [1.29, 1.82) is 0 Å². The van der Waals surface area contributed by atoms with E-state index in [1.807, 2.05) is 0 Å². The molecule has 1 aliphatic carbocycles. The summed E-state index contributed by atoms with van der Waals surface area (Å²) in [6, 6.07) is 70.5. The summed E-state index contributed by atoms with van der Waals surface area (Å²) in [4.78, 5) is 0. The Morgan fingerprint density at radius 1 is 0.205 bits per heavy atom. The summed E-state index contributed by atoms with van der Waals surface area (Å²) >= 11 is 0. The van der Waals surface area contributed by atoms with Gasteiger partial charge >= 0.3 is 21.7 Å². The predicted molar refractivity (Wildman–Crippen MR) is 523 cm³/mol. The van der Waals surface area contributed by atoms with Crippen molar-refractivity contribution in [1.82, 2.24) is 0 Å². The molecule has 10 rings (SSSR count). The van der Waals surface area contributed by atoms with Crippen LogP contribution in [0.5, 0.6) is 0 Å². The molecular formula is C117H159Cl3SiTi. The van der Waals surface area contributed by atoms with E-state index in [0.717, 1.165) is 38.5 Å². The molecule has 0 aliphatic heterocycles. The predicted octanol–water partition coefficient (Wildman–Crippen LogP) is 21.1. The quantitative estimate of drug-likeness (QED) is 0.0514. The maximum atomic E-state index is 4.67. The van der Waals surface area contributed by atoms with Crippen molar-refractivity contribution >= 4 is 23.6 Å². The third-order valence-corrected chi connectivity index (χ3v) is 31.8. The summed E-state index contributed by atoms with van der Waals surface area (Å²) in [6.45, 7) is 96.4. The number of hydrogen-bond acceptors (Lipinski definition) is 0. The van der Waals surface area contributed by atoms with E-state index in [2.05, 4.69) is 447 Å². The molecule has 0 N–H and O–H groups in total. The average Bonchev–Trinajstić information content (AvgIpc) is 1.48. The van der Waals surface area contributed by atoms with Gasteiger partial charge in [0.1, 0.15) is 8.07 Å². The van der Waals surface area contributed by atoms with Gasteiger partial charge in [-0.1, -0.05) is 439 Å². The molecule has 1 aliphatic rings. The molecule has 0 heterocycles. The molecule has 5 heteroatoms. The maximum absolute atomic E-state index is 4.67. The SMILES string of the molecule is CC1=[C-]C(C)([Si](c2cc(Cc3cc(C(C)(C)C)cc(C(C)(C)C)c3)cc(Cc3cc(C(C)(C)C)cc(C(C)(C)C)c3)c2)(c2cc(Cc3cc(C(C)(C)C)cc(C(C)(C)C)c3)cc(Cc3cc(C(C)(C)C)cc(C(C)(C)C)c3)c2)c2cc(Cc3cc(C(C)(C)C)cc(C(C)(C)C)c3)cc(Cc3cc(C(C)(C)C)cc(C(C)(C)C)c3)c2)C(C)=C1C.[Cl-].[Cl-].[Cl-].[Ti+4]. The topological polar surface area (TPSA) is 0 Å². The van der Waals surface area contributed by atoms with Crippen LogP contribution in [0.25, 0.3) is 0 Å². The van der Waals surface area contributed by atoms with Crippen LogP contribution in [-0.4, -0.2) is 8.07 Å². The molecule has 1 atom stereocenters. The third-order valence-electron chi connectivity index (χ3n) is 26.3. The van der Waals surface area contributed by atoms with Gasteiger partial charge in [0.25, 0.3) is 0 Å². The Morgan fingerprint density at radius 3 is 0.434 bits per heavy atom. The zero-order chi connectivity index (χ0) is 88.4. The fourth-order valence-corrected chi connectivity index (χ4v) is 24.2. The first-order chi connectivity index (χ1) is 53.5. The fraction of sp³-hybridized carbons (Fsp3) is 0.504. The van der Waals surface area contributed by atoms with Crippen LogP contribution in [0.1, 0.15) is 410 Å². The Kier molecular flexibility index (Phi) is 31.7. The minimum absolute atomic E-state index is 0. The van der Waals surface area contributed by atoms with E-state index in [9.17, 15) is 0 Å². The summed E-state index contributed by atoms with van der Waals surface area (Å²) in [5, 5.41) is 3.70. The van der Waals surface area contributed by atoms with E-state index in [-0.39, 0.29) is 124 Å². The summed E-state index contributed by atoms with van der Waals surface area (Å²) in [5.74, 6) is 0. The number of allylic oxidation sites excluding steroid dienone is 4. The number of rotatable bonds is 16. The summed E-state index contributed by atoms with van der Waals surface area (Å²) in [6.07, 6.45) is 9.39. The van der Waals surface area contributed by atoms with Crippen LogP contribution in [-0.2, 0) is 125 Å². The Morgan fingerprint density at radius 2 is 0.328 bits per heavy atom. The van der Waals surface area contributed by atoms with Crippen molar-refractivity contribution in [2.45, 2.75) is 385 Å². The van der Waals surface area contributed by atoms with Crippen LogP contribution in [0.4, 0.5) is 0 Å². The second-order valence-electron chi connectivity index (χ2n) is 49.6. The van der Waals surface area contributed by atoms with Gasteiger partial charge < -0.3 is 37.2 Å². The van der Waals surface area contributed by atoms with E-state index in [1.165, 1.54) is 166 Å². The third kappa shape index (κ3) is 24.6. The molecule has 9 aromatic carbocycles. The molecule has 0 fully saturated rings. The molecule has 656 valence electrons. The first-order valence-corrected chi connectivity index (χ1v) is 47.1. The van der Waals surface area contributed by atoms with Crippen molar-refractivity contribution in [3.63, 3.8) is 0 Å². The summed E-state index contributed by atoms with van der Waals surface area (Å²) < 4.78 is 0. The van der Waals surface area contributed by atoms with Crippen molar-refractivity contribution in [3.8, 4) is 0 Å². The average molecular weight is 1750 g/mol. The first kappa shape index (κ1) is 105. The Balaban J connectivity index is 0.00000576. The van der Waals surface area contributed by atoms with E-state index in [0.29, 0.717) is 0 Å². The molecule has 0 saturated heterocycles. The molecule has 0 aromatic heterocycles. The maximum Gasteiger partial charge on any atom is 4.00 e. The van der Waals surface area contributed by atoms with Gasteiger partial charge in [-0.15, -0.1) is 6.92 Å². The van der Waals surface area contributed by atoms with Crippen molar-refractivity contribution in [2.24, 2.45) is 0 Å². The van der Waals surface area contributed by atoms with Crippen LogP contribution < -0.4 is 52.8 Å². The molecule has 0 nitrogen and oxygen atoms in total. The zero-order valence-electron chi connectivity index (χ0n) is 84.0. The van der Waals surface area contributed by atoms with E-state index in [1.54, 1.807) is 0 Å². The van der Waals surface area contributed by atoms with Crippen LogP contribution >= 0.6 is 0 Å². The number of hydrogen-bond donors (Lipinski definition) is 0. The summed E-state index contributed by atoms with van der Waals surface area (Å²) in [7, 11) is -3.83. The molecule has 0 amide bonds. The molecule has 0 spiro atoms. The fourth-order valence-electron chi connectivity index (χ4n) is 17.9. The molecule has 0 saturated carbocycles. The molecular weight excluding hydrogens is 1590 g/mol. The van der Waals surface area contributed by atoms with Gasteiger partial charge in [0.15, 0.2) is 0 Å². The second kappa shape index (κ2) is 36.8. The standard InChI is InChI=1S/C117H159Si.3ClH.Ti/c1-75-74-117(40,77(3)76(75)2)118(102-62-78(44-84-50-90(105(4,5)6)68-91(51-84)106(7,8)9)41-79(63-102)45-85-52-92(107(10,11)12)69-93(53-85)108(13,14)15,103-64-80(46-86-54-94(109(16,17)18)70-95(55-86)110(19,20)21)42-81(65-103)47-87-56-96(111(22,23)24)71-97(57-87)112(25,26)27)104-66-82(48-88-58-98(113(28,29)30)72-99(59-88)114(31,32)33)43-83(67-104)49-89-60-100(115(34,35)36)73-101(61-89)116(37,38)39;;;;/h41-43,50-73H,44-49H2,1-40H3;3*1H;/q-1;;;;+4/p-3. The molecule has 122 heavy (non-hydrogen) atoms. The van der Waals surface area contributed by atoms with Gasteiger partial charge in [-0.2, -0.15) is 11.1 Å². The Hall–Kier alpha value is -5.74. The van der Waals surface area contributed by atoms with E-state index < -0.39 is 13.1 Å². The molecule has 0 bridgehead atoms. The van der Waals surface area contributed by atoms with Crippen molar-refractivity contribution in [2.75, 3.05) is 0 Å². The van der Waals surface area contributed by atoms with Crippen LogP contribution in [0.2, 0.25) is 5.04 Å². The van der Waals surface area contributed by atoms with Crippen LogP contribution in [0, 0.1) is 6.08 Å². The van der Waals surface area contributed by atoms with Crippen molar-refractivity contribution < 1.29 is 58.9 Å². The van der Waals surface area contributed by atoms with E-state index in [4.69, 9.17) is 0 Å². The minimum atomic E-state index is -3.83. The normalized spacial score (nSPS) is 15.0. The molecule has 0 radical (unpaired) electrons. The van der Waals surface area contributed by atoms with Gasteiger partial charge in [0.2, 0.25) is 0 Å². The number of halogens is 3. The van der Waals surface area contributed by atoms with Gasteiger partial charge in [-0.25, -0.2) is 5.57 Å². The number of benzene rings is 9. The molecule has 9 aromatic rings. The van der Waals surface area contributed by atoms with Gasteiger partial charge in [-0.3, -0.25) is 6.08 Å². The zero-order valence-corrected chi connectivity index (χ0v) is 88.8. The first-order valence-electron chi connectivity index (χ1n) is 45.1. The van der Waals surface area contributed by atoms with Crippen LogP contribution in [0.3, 0.4) is 0 Å². The largest absolute Gasteiger partial charge is 4.00 e. The summed E-state index contributed by atoms with van der Waals surface area (Å²) in [5.41, 5.74) is 36.3. The van der Waals surface area contributed by atoms with Gasteiger partial charge in [0, 0.05) is 0 Å². The van der Waals surface area contributed by atoms with Crippen LogP contribution in [0.15, 0.2) is 181 Å². The van der Waals surface area contributed by atoms with Gasteiger partial charge in [-0.05, 0) is 253 Å². The smallest absolute Gasteiger partial charge is 1.00 e. The Bertz CT molecular complexity index is 4340. The second-order valence-corrected chi connectivity index (χ2v) is 53.8. The molecule has 1 unspecified atom stereocenters. The minimum Gasteiger partial charge on any atom is -1.00 e. The van der Waals surface area contributed by atoms with Crippen molar-refractivity contribution in [3.05, 3.63) is 320 Å². The van der Waals surface area contributed by atoms with Gasteiger partial charge in [0.05, 0.1) is 0 Å².